The second kappa shape index (κ2) is 9.68. The number of aryl methyl sites for hydroxylation is 1. The zero-order valence-electron chi connectivity index (χ0n) is 14.1. The number of hydrogen-bond acceptors (Lipinski definition) is 3. The molecule has 0 spiro atoms. The van der Waals surface area contributed by atoms with E-state index in [2.05, 4.69) is 18.7 Å². The molecule has 0 aliphatic heterocycles. The van der Waals surface area contributed by atoms with Gasteiger partial charge in [0.1, 0.15) is 0 Å². The minimum Gasteiger partial charge on any atom is -0.436 e. The molecule has 2 rings (SSSR count). The summed E-state index contributed by atoms with van der Waals surface area (Å²) in [6, 6.07) is 20.0. The molecular formula is C21H24O3. The predicted molar refractivity (Wildman–Crippen MR) is 95.4 cm³/mol. The first-order valence-corrected chi connectivity index (χ1v) is 8.21. The normalized spacial score (nSPS) is 13.0. The Hall–Kier alpha value is -2.39. The monoisotopic (exact) mass is 324 g/mol. The quantitative estimate of drug-likeness (QED) is 0.376. The van der Waals surface area contributed by atoms with Gasteiger partial charge in [-0.25, -0.2) is 0 Å². The number of ether oxygens (including phenoxy) is 2. The van der Waals surface area contributed by atoms with E-state index < -0.39 is 6.29 Å². The van der Waals surface area contributed by atoms with Crippen LogP contribution in [0.2, 0.25) is 0 Å². The van der Waals surface area contributed by atoms with E-state index in [0.29, 0.717) is 12.8 Å². The molecule has 0 bridgehead atoms. The van der Waals surface area contributed by atoms with Gasteiger partial charge in [0, 0.05) is 13.3 Å². The number of carbonyl (C=O) groups is 1. The summed E-state index contributed by atoms with van der Waals surface area (Å²) in [5.74, 6) is -0.335. The molecule has 3 heteroatoms. The third-order valence-electron chi connectivity index (χ3n) is 3.68. The van der Waals surface area contributed by atoms with Gasteiger partial charge in [0.25, 0.3) is 0 Å². The molecule has 0 fully saturated rings. The Labute approximate surface area is 143 Å². The van der Waals surface area contributed by atoms with Crippen molar-refractivity contribution >= 4 is 5.97 Å². The molecule has 126 valence electrons. The fraction of sp³-hybridized carbons (Fsp3) is 0.286. The van der Waals surface area contributed by atoms with Crippen LogP contribution in [0.3, 0.4) is 0 Å². The highest BCUT2D eigenvalue weighted by molar-refractivity contribution is 5.66. The lowest BCUT2D eigenvalue weighted by Crippen LogP contribution is -2.23. The Morgan fingerprint density at radius 3 is 2.29 bits per heavy atom. The molecule has 1 unspecified atom stereocenters. The highest BCUT2D eigenvalue weighted by atomic mass is 16.7. The van der Waals surface area contributed by atoms with Crippen LogP contribution in [0.4, 0.5) is 0 Å². The number of hydrogen-bond donors (Lipinski definition) is 0. The third kappa shape index (κ3) is 6.01. The SMILES string of the molecule is C=CC[C@H](OC(CCc1ccccc1)OC(C)=O)c1ccccc1. The smallest absolute Gasteiger partial charge is 0.304 e. The molecule has 2 aromatic carbocycles. The van der Waals surface area contributed by atoms with E-state index in [1.54, 1.807) is 0 Å². The van der Waals surface area contributed by atoms with Gasteiger partial charge < -0.3 is 9.47 Å². The van der Waals surface area contributed by atoms with E-state index in [-0.39, 0.29) is 12.1 Å². The van der Waals surface area contributed by atoms with Crippen molar-refractivity contribution in [3.63, 3.8) is 0 Å². The van der Waals surface area contributed by atoms with Crippen molar-refractivity contribution in [1.82, 2.24) is 0 Å². The van der Waals surface area contributed by atoms with Crippen LogP contribution in [0, 0.1) is 0 Å². The fourth-order valence-corrected chi connectivity index (χ4v) is 2.54. The molecule has 0 aliphatic carbocycles. The molecule has 0 saturated carbocycles. The van der Waals surface area contributed by atoms with Crippen LogP contribution in [0.25, 0.3) is 0 Å². The first kappa shape index (κ1) is 18.0. The minimum absolute atomic E-state index is 0.177. The van der Waals surface area contributed by atoms with Gasteiger partial charge in [-0.15, -0.1) is 6.58 Å². The van der Waals surface area contributed by atoms with Crippen molar-refractivity contribution in [2.24, 2.45) is 0 Å². The summed E-state index contributed by atoms with van der Waals surface area (Å²) in [6.07, 6.45) is 3.13. The zero-order valence-corrected chi connectivity index (χ0v) is 14.1. The molecular weight excluding hydrogens is 300 g/mol. The first-order valence-electron chi connectivity index (χ1n) is 8.21. The lowest BCUT2D eigenvalue weighted by Gasteiger charge is -2.24. The molecule has 2 aromatic rings. The van der Waals surface area contributed by atoms with E-state index in [4.69, 9.17) is 9.47 Å². The van der Waals surface area contributed by atoms with Gasteiger partial charge in [0.15, 0.2) is 0 Å². The average molecular weight is 324 g/mol. The summed E-state index contributed by atoms with van der Waals surface area (Å²) in [7, 11) is 0. The Bertz CT molecular complexity index is 622. The van der Waals surface area contributed by atoms with Crippen molar-refractivity contribution in [2.45, 2.75) is 38.6 Å². The summed E-state index contributed by atoms with van der Waals surface area (Å²) in [5, 5.41) is 0. The van der Waals surface area contributed by atoms with Crippen LogP contribution in [-0.2, 0) is 20.7 Å². The Morgan fingerprint density at radius 1 is 1.08 bits per heavy atom. The van der Waals surface area contributed by atoms with Crippen molar-refractivity contribution in [3.05, 3.63) is 84.4 Å². The molecule has 0 heterocycles. The number of rotatable bonds is 9. The van der Waals surface area contributed by atoms with Crippen molar-refractivity contribution in [3.8, 4) is 0 Å². The second-order valence-corrected chi connectivity index (χ2v) is 5.62. The zero-order chi connectivity index (χ0) is 17.2. The standard InChI is InChI=1S/C21H24O3/c1-3-10-20(19-13-8-5-9-14-19)24-21(23-17(2)22)16-15-18-11-6-4-7-12-18/h3-9,11-14,20-21H,1,10,15-16H2,2H3/t20-,21?/m0/s1. The maximum absolute atomic E-state index is 11.4. The van der Waals surface area contributed by atoms with Crippen LogP contribution < -0.4 is 0 Å². The van der Waals surface area contributed by atoms with Gasteiger partial charge in [-0.3, -0.25) is 4.79 Å². The lowest BCUT2D eigenvalue weighted by molar-refractivity contribution is -0.190. The van der Waals surface area contributed by atoms with Gasteiger partial charge >= 0.3 is 5.97 Å². The second-order valence-electron chi connectivity index (χ2n) is 5.62. The number of benzene rings is 2. The van der Waals surface area contributed by atoms with Crippen molar-refractivity contribution < 1.29 is 14.3 Å². The van der Waals surface area contributed by atoms with E-state index in [1.165, 1.54) is 12.5 Å². The van der Waals surface area contributed by atoms with E-state index in [1.807, 2.05) is 54.6 Å². The van der Waals surface area contributed by atoms with Crippen LogP contribution in [0.15, 0.2) is 73.3 Å². The molecule has 0 saturated heterocycles. The number of esters is 1. The molecule has 0 aromatic heterocycles. The number of carbonyl (C=O) groups excluding carboxylic acids is 1. The Balaban J connectivity index is 2.04. The van der Waals surface area contributed by atoms with E-state index in [0.717, 1.165) is 12.0 Å². The molecule has 0 N–H and O–H groups in total. The van der Waals surface area contributed by atoms with Gasteiger partial charge in [-0.2, -0.15) is 0 Å². The summed E-state index contributed by atoms with van der Waals surface area (Å²) in [6.45, 7) is 5.21. The molecule has 0 aliphatic rings. The largest absolute Gasteiger partial charge is 0.436 e. The van der Waals surface area contributed by atoms with E-state index in [9.17, 15) is 4.79 Å². The minimum atomic E-state index is -0.576. The maximum atomic E-state index is 11.4. The third-order valence-corrected chi connectivity index (χ3v) is 3.68. The summed E-state index contributed by atoms with van der Waals surface area (Å²) in [5.41, 5.74) is 2.24. The summed E-state index contributed by atoms with van der Waals surface area (Å²) >= 11 is 0. The Kier molecular flexibility index (Phi) is 7.24. The highest BCUT2D eigenvalue weighted by Crippen LogP contribution is 2.25. The average Bonchev–Trinajstić information content (AvgIpc) is 2.60. The van der Waals surface area contributed by atoms with Crippen LogP contribution in [0.5, 0.6) is 0 Å². The Morgan fingerprint density at radius 2 is 1.71 bits per heavy atom. The van der Waals surface area contributed by atoms with Gasteiger partial charge in [-0.1, -0.05) is 66.7 Å². The molecule has 0 amide bonds. The first-order chi connectivity index (χ1) is 11.7. The lowest BCUT2D eigenvalue weighted by atomic mass is 10.1. The van der Waals surface area contributed by atoms with Crippen molar-refractivity contribution in [2.75, 3.05) is 0 Å². The fourth-order valence-electron chi connectivity index (χ4n) is 2.54. The van der Waals surface area contributed by atoms with Crippen LogP contribution in [0.1, 0.15) is 37.0 Å². The maximum Gasteiger partial charge on any atom is 0.304 e. The summed E-state index contributed by atoms with van der Waals surface area (Å²) in [4.78, 5) is 11.4. The molecule has 3 nitrogen and oxygen atoms in total. The van der Waals surface area contributed by atoms with Gasteiger partial charge in [-0.05, 0) is 24.0 Å². The van der Waals surface area contributed by atoms with Crippen molar-refractivity contribution in [1.29, 1.82) is 0 Å². The molecule has 0 radical (unpaired) electrons. The van der Waals surface area contributed by atoms with Crippen LogP contribution in [-0.4, -0.2) is 12.3 Å². The molecule has 24 heavy (non-hydrogen) atoms. The topological polar surface area (TPSA) is 35.5 Å². The van der Waals surface area contributed by atoms with Gasteiger partial charge in [0.05, 0.1) is 6.10 Å². The predicted octanol–water partition coefficient (Wildman–Crippen LogP) is 4.84. The molecule has 2 atom stereocenters. The van der Waals surface area contributed by atoms with Crippen LogP contribution >= 0.6 is 0 Å². The summed E-state index contributed by atoms with van der Waals surface area (Å²) < 4.78 is 11.5. The highest BCUT2D eigenvalue weighted by Gasteiger charge is 2.19. The van der Waals surface area contributed by atoms with E-state index >= 15 is 0 Å². The van der Waals surface area contributed by atoms with Gasteiger partial charge in [0.2, 0.25) is 6.29 Å².